The summed E-state index contributed by atoms with van der Waals surface area (Å²) in [4.78, 5) is 12.2. The molecule has 100 valence electrons. The Morgan fingerprint density at radius 1 is 1.47 bits per heavy atom. The predicted octanol–water partition coefficient (Wildman–Crippen LogP) is 2.01. The van der Waals surface area contributed by atoms with Crippen LogP contribution in [0.15, 0.2) is 0 Å². The maximum Gasteiger partial charge on any atom is 0.233 e. The SMILES string of the molecule is CCSC(C(=O)NC1CCCC1CN)C(C)C. The van der Waals surface area contributed by atoms with E-state index in [9.17, 15) is 4.79 Å². The fourth-order valence-electron chi connectivity index (χ4n) is 2.52. The second-order valence-corrected chi connectivity index (χ2v) is 6.58. The molecule has 3 nitrogen and oxygen atoms in total. The Kier molecular flexibility index (Phi) is 6.34. The zero-order valence-corrected chi connectivity index (χ0v) is 12.1. The lowest BCUT2D eigenvalue weighted by Gasteiger charge is -2.24. The quantitative estimate of drug-likeness (QED) is 0.766. The fourth-order valence-corrected chi connectivity index (χ4v) is 3.49. The van der Waals surface area contributed by atoms with Gasteiger partial charge in [0.25, 0.3) is 0 Å². The lowest BCUT2D eigenvalue weighted by atomic mass is 10.0. The van der Waals surface area contributed by atoms with Crippen molar-refractivity contribution in [2.24, 2.45) is 17.6 Å². The van der Waals surface area contributed by atoms with Crippen molar-refractivity contribution in [3.8, 4) is 0 Å². The minimum atomic E-state index is 0.0824. The first-order valence-electron chi connectivity index (χ1n) is 6.72. The summed E-state index contributed by atoms with van der Waals surface area (Å²) in [7, 11) is 0. The summed E-state index contributed by atoms with van der Waals surface area (Å²) in [5, 5.41) is 3.29. The zero-order valence-electron chi connectivity index (χ0n) is 11.2. The van der Waals surface area contributed by atoms with Gasteiger partial charge in [0, 0.05) is 6.04 Å². The van der Waals surface area contributed by atoms with Crippen LogP contribution in [0, 0.1) is 11.8 Å². The lowest BCUT2D eigenvalue weighted by Crippen LogP contribution is -2.45. The van der Waals surface area contributed by atoms with E-state index in [1.54, 1.807) is 11.8 Å². The summed E-state index contributed by atoms with van der Waals surface area (Å²) >= 11 is 1.74. The number of thioether (sulfide) groups is 1. The molecule has 1 amide bonds. The predicted molar refractivity (Wildman–Crippen MR) is 75.1 cm³/mol. The van der Waals surface area contributed by atoms with Crippen molar-refractivity contribution in [2.75, 3.05) is 12.3 Å². The molecule has 3 N–H and O–H groups in total. The number of nitrogens with one attached hydrogen (secondary N) is 1. The molecule has 0 aliphatic heterocycles. The Balaban J connectivity index is 2.51. The molecule has 3 atom stereocenters. The molecule has 1 fully saturated rings. The first-order valence-corrected chi connectivity index (χ1v) is 7.77. The summed E-state index contributed by atoms with van der Waals surface area (Å²) in [6, 6.07) is 0.311. The van der Waals surface area contributed by atoms with Crippen molar-refractivity contribution < 1.29 is 4.79 Å². The zero-order chi connectivity index (χ0) is 12.8. The van der Waals surface area contributed by atoms with E-state index in [0.29, 0.717) is 24.4 Å². The van der Waals surface area contributed by atoms with Crippen LogP contribution in [0.3, 0.4) is 0 Å². The molecular formula is C13H26N2OS. The van der Waals surface area contributed by atoms with E-state index < -0.39 is 0 Å². The molecule has 0 aromatic heterocycles. The Morgan fingerprint density at radius 2 is 2.18 bits per heavy atom. The summed E-state index contributed by atoms with van der Waals surface area (Å²) in [5.41, 5.74) is 5.74. The molecule has 0 bridgehead atoms. The van der Waals surface area contributed by atoms with Gasteiger partial charge in [-0.1, -0.05) is 27.2 Å². The van der Waals surface area contributed by atoms with Gasteiger partial charge in [-0.15, -0.1) is 11.8 Å². The van der Waals surface area contributed by atoms with E-state index in [-0.39, 0.29) is 11.2 Å². The first-order chi connectivity index (χ1) is 8.10. The number of carbonyl (C=O) groups excluding carboxylic acids is 1. The molecule has 3 unspecified atom stereocenters. The molecular weight excluding hydrogens is 232 g/mol. The first kappa shape index (κ1) is 14.8. The number of rotatable bonds is 6. The second-order valence-electron chi connectivity index (χ2n) is 5.16. The van der Waals surface area contributed by atoms with Crippen LogP contribution in [0.5, 0.6) is 0 Å². The minimum Gasteiger partial charge on any atom is -0.352 e. The average molecular weight is 258 g/mol. The third kappa shape index (κ3) is 4.18. The normalized spacial score (nSPS) is 26.2. The summed E-state index contributed by atoms with van der Waals surface area (Å²) in [6.07, 6.45) is 3.45. The minimum absolute atomic E-state index is 0.0824. The third-order valence-corrected chi connectivity index (χ3v) is 4.95. The largest absolute Gasteiger partial charge is 0.352 e. The highest BCUT2D eigenvalue weighted by atomic mass is 32.2. The maximum atomic E-state index is 12.2. The maximum absolute atomic E-state index is 12.2. The van der Waals surface area contributed by atoms with E-state index in [1.807, 2.05) is 0 Å². The highest BCUT2D eigenvalue weighted by Crippen LogP contribution is 2.26. The molecule has 4 heteroatoms. The van der Waals surface area contributed by atoms with E-state index >= 15 is 0 Å². The summed E-state index contributed by atoms with van der Waals surface area (Å²) in [6.45, 7) is 7.02. The van der Waals surface area contributed by atoms with Crippen LogP contribution >= 0.6 is 11.8 Å². The van der Waals surface area contributed by atoms with Crippen molar-refractivity contribution in [2.45, 2.75) is 51.3 Å². The summed E-state index contributed by atoms with van der Waals surface area (Å²) < 4.78 is 0. The fraction of sp³-hybridized carbons (Fsp3) is 0.923. The van der Waals surface area contributed by atoms with Crippen LogP contribution < -0.4 is 11.1 Å². The Labute approximate surface area is 109 Å². The van der Waals surface area contributed by atoms with Crippen molar-refractivity contribution >= 4 is 17.7 Å². The average Bonchev–Trinajstić information content (AvgIpc) is 2.72. The van der Waals surface area contributed by atoms with Crippen LogP contribution in [0.4, 0.5) is 0 Å². The van der Waals surface area contributed by atoms with E-state index in [4.69, 9.17) is 5.73 Å². The molecule has 0 aromatic rings. The van der Waals surface area contributed by atoms with Gasteiger partial charge in [-0.3, -0.25) is 4.79 Å². The van der Waals surface area contributed by atoms with E-state index in [2.05, 4.69) is 26.1 Å². The smallest absolute Gasteiger partial charge is 0.233 e. The molecule has 0 radical (unpaired) electrons. The molecule has 0 spiro atoms. The van der Waals surface area contributed by atoms with Gasteiger partial charge in [0.2, 0.25) is 5.91 Å². The van der Waals surface area contributed by atoms with Crippen molar-refractivity contribution in [1.29, 1.82) is 0 Å². The van der Waals surface area contributed by atoms with Gasteiger partial charge < -0.3 is 11.1 Å². The Morgan fingerprint density at radius 3 is 2.71 bits per heavy atom. The second kappa shape index (κ2) is 7.27. The van der Waals surface area contributed by atoms with Gasteiger partial charge in [-0.25, -0.2) is 0 Å². The highest BCUT2D eigenvalue weighted by Gasteiger charge is 2.30. The van der Waals surface area contributed by atoms with Crippen molar-refractivity contribution in [1.82, 2.24) is 5.32 Å². The standard InChI is InChI=1S/C13H26N2OS/c1-4-17-12(9(2)3)13(16)15-11-7-5-6-10(11)8-14/h9-12H,4-8,14H2,1-3H3,(H,15,16). The Bertz CT molecular complexity index is 246. The lowest BCUT2D eigenvalue weighted by molar-refractivity contribution is -0.122. The van der Waals surface area contributed by atoms with Crippen LogP contribution in [0.25, 0.3) is 0 Å². The molecule has 17 heavy (non-hydrogen) atoms. The van der Waals surface area contributed by atoms with Gasteiger partial charge in [-0.05, 0) is 37.0 Å². The number of amides is 1. The monoisotopic (exact) mass is 258 g/mol. The molecule has 0 aromatic carbocycles. The molecule has 1 rings (SSSR count). The highest BCUT2D eigenvalue weighted by molar-refractivity contribution is 8.00. The van der Waals surface area contributed by atoms with Gasteiger partial charge >= 0.3 is 0 Å². The van der Waals surface area contributed by atoms with E-state index in [1.165, 1.54) is 6.42 Å². The van der Waals surface area contributed by atoms with E-state index in [0.717, 1.165) is 18.6 Å². The third-order valence-electron chi connectivity index (χ3n) is 3.50. The molecule has 1 aliphatic carbocycles. The van der Waals surface area contributed by atoms with Crippen LogP contribution in [-0.4, -0.2) is 29.5 Å². The molecule has 0 saturated heterocycles. The molecule has 1 aliphatic rings. The Hall–Kier alpha value is -0.220. The molecule has 1 saturated carbocycles. The number of nitrogens with two attached hydrogens (primary N) is 1. The molecule has 0 heterocycles. The van der Waals surface area contributed by atoms with Crippen LogP contribution in [0.2, 0.25) is 0 Å². The van der Waals surface area contributed by atoms with Crippen LogP contribution in [-0.2, 0) is 4.79 Å². The number of hydrogen-bond donors (Lipinski definition) is 2. The van der Waals surface area contributed by atoms with Gasteiger partial charge in [0.1, 0.15) is 0 Å². The summed E-state index contributed by atoms with van der Waals surface area (Å²) in [5.74, 6) is 2.06. The topological polar surface area (TPSA) is 55.1 Å². The van der Waals surface area contributed by atoms with Crippen molar-refractivity contribution in [3.05, 3.63) is 0 Å². The van der Waals surface area contributed by atoms with Crippen LogP contribution in [0.1, 0.15) is 40.0 Å². The van der Waals surface area contributed by atoms with Gasteiger partial charge in [0.05, 0.1) is 5.25 Å². The van der Waals surface area contributed by atoms with Gasteiger partial charge in [-0.2, -0.15) is 0 Å². The van der Waals surface area contributed by atoms with Gasteiger partial charge in [0.15, 0.2) is 0 Å². The number of hydrogen-bond acceptors (Lipinski definition) is 3. The number of carbonyl (C=O) groups is 1. The van der Waals surface area contributed by atoms with Crippen molar-refractivity contribution in [3.63, 3.8) is 0 Å².